The summed E-state index contributed by atoms with van der Waals surface area (Å²) < 4.78 is 0. The predicted molar refractivity (Wildman–Crippen MR) is 54.8 cm³/mol. The van der Waals surface area contributed by atoms with Crippen LogP contribution in [0, 0.1) is 0 Å². The van der Waals surface area contributed by atoms with Gasteiger partial charge in [-0.2, -0.15) is 0 Å². The van der Waals surface area contributed by atoms with Crippen LogP contribution in [0.25, 0.3) is 0 Å². The summed E-state index contributed by atoms with van der Waals surface area (Å²) in [6.07, 6.45) is 3.41. The second-order valence-corrected chi connectivity index (χ2v) is 3.72. The third-order valence-corrected chi connectivity index (χ3v) is 2.65. The molecule has 1 fully saturated rings. The summed E-state index contributed by atoms with van der Waals surface area (Å²) >= 11 is 0. The van der Waals surface area contributed by atoms with Gasteiger partial charge in [0.25, 0.3) is 0 Å². The van der Waals surface area contributed by atoms with Gasteiger partial charge in [-0.25, -0.2) is 9.97 Å². The van der Waals surface area contributed by atoms with Gasteiger partial charge < -0.3 is 5.32 Å². The molecule has 4 heteroatoms. The normalized spacial score (nSPS) is 23.6. The zero-order valence-electron chi connectivity index (χ0n) is 8.48. The van der Waals surface area contributed by atoms with Crippen molar-refractivity contribution in [2.24, 2.45) is 0 Å². The highest BCUT2D eigenvalue weighted by molar-refractivity contribution is 4.98. The first-order valence-electron chi connectivity index (χ1n) is 5.06. The van der Waals surface area contributed by atoms with E-state index in [2.05, 4.69) is 27.1 Å². The lowest BCUT2D eigenvalue weighted by Crippen LogP contribution is -2.49. The first-order valence-corrected chi connectivity index (χ1v) is 5.06. The van der Waals surface area contributed by atoms with Gasteiger partial charge in [-0.1, -0.05) is 0 Å². The van der Waals surface area contributed by atoms with Gasteiger partial charge in [-0.15, -0.1) is 0 Å². The van der Waals surface area contributed by atoms with Gasteiger partial charge in [0.2, 0.25) is 0 Å². The van der Waals surface area contributed by atoms with E-state index >= 15 is 0 Å². The van der Waals surface area contributed by atoms with Crippen LogP contribution < -0.4 is 5.32 Å². The molecule has 1 aliphatic heterocycles. The van der Waals surface area contributed by atoms with E-state index in [1.165, 1.54) is 0 Å². The number of hydrogen-bond acceptors (Lipinski definition) is 4. The van der Waals surface area contributed by atoms with E-state index in [1.54, 1.807) is 12.5 Å². The maximum absolute atomic E-state index is 4.23. The van der Waals surface area contributed by atoms with Gasteiger partial charge in [0.05, 0.1) is 5.69 Å². The van der Waals surface area contributed by atoms with Crippen LogP contribution in [-0.2, 0) is 6.54 Å². The van der Waals surface area contributed by atoms with Crippen LogP contribution in [-0.4, -0.2) is 40.5 Å². The van der Waals surface area contributed by atoms with Gasteiger partial charge in [0.1, 0.15) is 6.33 Å². The SMILES string of the molecule is CC1CNCCN1Cc1ccncn1. The quantitative estimate of drug-likeness (QED) is 0.730. The van der Waals surface area contributed by atoms with E-state index in [-0.39, 0.29) is 0 Å². The second-order valence-electron chi connectivity index (χ2n) is 3.72. The van der Waals surface area contributed by atoms with Gasteiger partial charge in [0.15, 0.2) is 0 Å². The van der Waals surface area contributed by atoms with Crippen LogP contribution in [0.1, 0.15) is 12.6 Å². The molecule has 0 aliphatic carbocycles. The maximum atomic E-state index is 4.23. The Morgan fingerprint density at radius 1 is 1.64 bits per heavy atom. The number of rotatable bonds is 2. The highest BCUT2D eigenvalue weighted by Crippen LogP contribution is 2.06. The van der Waals surface area contributed by atoms with Crippen molar-refractivity contribution in [2.75, 3.05) is 19.6 Å². The van der Waals surface area contributed by atoms with Gasteiger partial charge in [-0.3, -0.25) is 4.90 Å². The molecular weight excluding hydrogens is 176 g/mol. The predicted octanol–water partition coefficient (Wildman–Crippen LogP) is 0.270. The van der Waals surface area contributed by atoms with Crippen LogP contribution in [0.5, 0.6) is 0 Å². The molecule has 4 nitrogen and oxygen atoms in total. The van der Waals surface area contributed by atoms with Crippen LogP contribution >= 0.6 is 0 Å². The standard InChI is InChI=1S/C10H16N4/c1-9-6-11-4-5-14(9)7-10-2-3-12-8-13-10/h2-3,8-9,11H,4-7H2,1H3. The molecule has 1 N–H and O–H groups in total. The lowest BCUT2D eigenvalue weighted by Gasteiger charge is -2.33. The first kappa shape index (κ1) is 9.55. The summed E-state index contributed by atoms with van der Waals surface area (Å²) in [4.78, 5) is 10.6. The Morgan fingerprint density at radius 2 is 2.57 bits per heavy atom. The average Bonchev–Trinajstić information content (AvgIpc) is 2.23. The molecule has 1 unspecified atom stereocenters. The minimum atomic E-state index is 0.596. The summed E-state index contributed by atoms with van der Waals surface area (Å²) in [7, 11) is 0. The topological polar surface area (TPSA) is 41.0 Å². The van der Waals surface area contributed by atoms with E-state index in [4.69, 9.17) is 0 Å². The number of piperazine rings is 1. The Hall–Kier alpha value is -1.00. The Balaban J connectivity index is 1.96. The van der Waals surface area contributed by atoms with Crippen molar-refractivity contribution in [3.63, 3.8) is 0 Å². The van der Waals surface area contributed by atoms with Crippen molar-refractivity contribution in [1.29, 1.82) is 0 Å². The molecule has 1 aromatic heterocycles. The van der Waals surface area contributed by atoms with Gasteiger partial charge in [-0.05, 0) is 13.0 Å². The molecule has 1 atom stereocenters. The minimum Gasteiger partial charge on any atom is -0.314 e. The fourth-order valence-electron chi connectivity index (χ4n) is 1.74. The second kappa shape index (κ2) is 4.48. The molecule has 1 aliphatic rings. The van der Waals surface area contributed by atoms with Crippen molar-refractivity contribution in [2.45, 2.75) is 19.5 Å². The fourth-order valence-corrected chi connectivity index (χ4v) is 1.74. The molecule has 0 radical (unpaired) electrons. The Morgan fingerprint density at radius 3 is 3.29 bits per heavy atom. The molecule has 1 aromatic rings. The third kappa shape index (κ3) is 2.27. The number of hydrogen-bond donors (Lipinski definition) is 1. The molecule has 0 amide bonds. The highest BCUT2D eigenvalue weighted by atomic mass is 15.2. The maximum Gasteiger partial charge on any atom is 0.115 e. The zero-order chi connectivity index (χ0) is 9.80. The number of nitrogens with zero attached hydrogens (tertiary/aromatic N) is 3. The summed E-state index contributed by atoms with van der Waals surface area (Å²) in [6, 6.07) is 2.58. The van der Waals surface area contributed by atoms with E-state index in [1.807, 2.05) is 6.07 Å². The summed E-state index contributed by atoms with van der Waals surface area (Å²) in [5.74, 6) is 0. The van der Waals surface area contributed by atoms with Crippen molar-refractivity contribution in [3.8, 4) is 0 Å². The fraction of sp³-hybridized carbons (Fsp3) is 0.600. The Bertz CT molecular complexity index is 275. The van der Waals surface area contributed by atoms with Crippen molar-refractivity contribution >= 4 is 0 Å². The number of aromatic nitrogens is 2. The first-order chi connectivity index (χ1) is 6.86. The molecule has 0 saturated carbocycles. The average molecular weight is 192 g/mol. The summed E-state index contributed by atoms with van der Waals surface area (Å²) in [5.41, 5.74) is 1.11. The smallest absolute Gasteiger partial charge is 0.115 e. The van der Waals surface area contributed by atoms with E-state index in [0.717, 1.165) is 31.9 Å². The molecule has 76 valence electrons. The summed E-state index contributed by atoms with van der Waals surface area (Å²) in [6.45, 7) is 6.43. The van der Waals surface area contributed by atoms with Crippen LogP contribution in [0.3, 0.4) is 0 Å². The molecular formula is C10H16N4. The van der Waals surface area contributed by atoms with E-state index in [0.29, 0.717) is 6.04 Å². The van der Waals surface area contributed by atoms with E-state index < -0.39 is 0 Å². The lowest BCUT2D eigenvalue weighted by molar-refractivity contribution is 0.163. The molecule has 0 spiro atoms. The van der Waals surface area contributed by atoms with Crippen LogP contribution in [0.15, 0.2) is 18.6 Å². The monoisotopic (exact) mass is 192 g/mol. The molecule has 1 saturated heterocycles. The zero-order valence-corrected chi connectivity index (χ0v) is 8.48. The van der Waals surface area contributed by atoms with Crippen molar-refractivity contribution in [3.05, 3.63) is 24.3 Å². The Kier molecular flexibility index (Phi) is 3.06. The molecule has 2 heterocycles. The molecule has 14 heavy (non-hydrogen) atoms. The molecule has 0 bridgehead atoms. The third-order valence-electron chi connectivity index (χ3n) is 2.65. The Labute approximate surface area is 84.4 Å². The lowest BCUT2D eigenvalue weighted by atomic mass is 10.2. The van der Waals surface area contributed by atoms with Gasteiger partial charge in [0, 0.05) is 38.4 Å². The van der Waals surface area contributed by atoms with E-state index in [9.17, 15) is 0 Å². The largest absolute Gasteiger partial charge is 0.314 e. The number of nitrogens with one attached hydrogen (secondary N) is 1. The van der Waals surface area contributed by atoms with Crippen LogP contribution in [0.4, 0.5) is 0 Å². The molecule has 2 rings (SSSR count). The minimum absolute atomic E-state index is 0.596. The van der Waals surface area contributed by atoms with Gasteiger partial charge >= 0.3 is 0 Å². The van der Waals surface area contributed by atoms with Crippen LogP contribution in [0.2, 0.25) is 0 Å². The highest BCUT2D eigenvalue weighted by Gasteiger charge is 2.17. The van der Waals surface area contributed by atoms with Crippen molar-refractivity contribution < 1.29 is 0 Å². The summed E-state index contributed by atoms with van der Waals surface area (Å²) in [5, 5.41) is 3.38. The molecule has 0 aromatic carbocycles. The van der Waals surface area contributed by atoms with Crippen molar-refractivity contribution in [1.82, 2.24) is 20.2 Å².